The van der Waals surface area contributed by atoms with E-state index in [1.165, 1.54) is 4.90 Å². The Balaban J connectivity index is 2.21. The zero-order chi connectivity index (χ0) is 15.7. The first-order valence-electron chi connectivity index (χ1n) is 6.88. The minimum Gasteiger partial charge on any atom is -0.480 e. The van der Waals surface area contributed by atoms with Crippen molar-refractivity contribution in [3.63, 3.8) is 0 Å². The predicted molar refractivity (Wildman–Crippen MR) is 84.5 cm³/mol. The third kappa shape index (κ3) is 3.20. The zero-order valence-electron chi connectivity index (χ0n) is 12.3. The number of urea groups is 1. The molecule has 0 radical (unpaired) electrons. The molecule has 1 aromatic rings. The quantitative estimate of drug-likeness (QED) is 0.854. The van der Waals surface area contributed by atoms with Crippen molar-refractivity contribution in [1.29, 1.82) is 0 Å². The third-order valence-electron chi connectivity index (χ3n) is 3.88. The highest BCUT2D eigenvalue weighted by molar-refractivity contribution is 9.10. The summed E-state index contributed by atoms with van der Waals surface area (Å²) in [6, 6.07) is 2.78. The molecule has 2 rings (SSSR count). The molecule has 2 atom stereocenters. The number of carbonyl (C=O) groups excluding carboxylic acids is 1. The molecule has 2 unspecified atom stereocenters. The van der Waals surface area contributed by atoms with Gasteiger partial charge in [-0.25, -0.2) is 9.59 Å². The van der Waals surface area contributed by atoms with Crippen LogP contribution in [-0.4, -0.2) is 34.6 Å². The maximum atomic E-state index is 12.4. The van der Waals surface area contributed by atoms with Crippen molar-refractivity contribution < 1.29 is 14.7 Å². The first kappa shape index (κ1) is 15.8. The maximum absolute atomic E-state index is 12.4. The van der Waals surface area contributed by atoms with E-state index >= 15 is 0 Å². The lowest BCUT2D eigenvalue weighted by molar-refractivity contribution is -0.142. The molecule has 6 heteroatoms. The van der Waals surface area contributed by atoms with Gasteiger partial charge in [-0.05, 0) is 59.3 Å². The number of likely N-dealkylation sites (tertiary alicyclic amines) is 1. The number of nitrogens with one attached hydrogen (secondary N) is 1. The van der Waals surface area contributed by atoms with E-state index in [9.17, 15) is 14.7 Å². The number of halogens is 1. The summed E-state index contributed by atoms with van der Waals surface area (Å²) in [5.41, 5.74) is 2.72. The second-order valence-electron chi connectivity index (χ2n) is 5.61. The van der Waals surface area contributed by atoms with Crippen LogP contribution in [0.5, 0.6) is 0 Å². The van der Waals surface area contributed by atoms with Crippen molar-refractivity contribution >= 4 is 33.6 Å². The molecule has 2 N–H and O–H groups in total. The molecule has 0 aromatic heterocycles. The van der Waals surface area contributed by atoms with Gasteiger partial charge in [-0.2, -0.15) is 0 Å². The van der Waals surface area contributed by atoms with E-state index in [1.807, 2.05) is 32.9 Å². The van der Waals surface area contributed by atoms with Crippen LogP contribution < -0.4 is 5.32 Å². The summed E-state index contributed by atoms with van der Waals surface area (Å²) in [4.78, 5) is 25.1. The smallest absolute Gasteiger partial charge is 0.326 e. The molecular formula is C15H19BrN2O3. The lowest BCUT2D eigenvalue weighted by Gasteiger charge is -2.24. The number of anilines is 1. The summed E-state index contributed by atoms with van der Waals surface area (Å²) in [6.07, 6.45) is 0.707. The van der Waals surface area contributed by atoms with Crippen LogP contribution in [0.2, 0.25) is 0 Å². The van der Waals surface area contributed by atoms with Crippen LogP contribution in [0.1, 0.15) is 24.5 Å². The topological polar surface area (TPSA) is 69.6 Å². The lowest BCUT2D eigenvalue weighted by Crippen LogP contribution is -2.44. The minimum absolute atomic E-state index is 0.0317. The van der Waals surface area contributed by atoms with E-state index in [4.69, 9.17) is 0 Å². The summed E-state index contributed by atoms with van der Waals surface area (Å²) >= 11 is 3.44. The molecule has 0 spiro atoms. The number of aryl methyl sites for hydroxylation is 2. The standard InChI is InChI=1S/C15H19BrN2O3/c1-8-6-10(3)12(11(16)7-8)17-15(21)18-5-4-9(2)13(18)14(19)20/h6-7,9,13H,4-5H2,1-3H3,(H,17,21)(H,19,20). The molecule has 1 aliphatic rings. The minimum atomic E-state index is -0.949. The number of benzene rings is 1. The fourth-order valence-electron chi connectivity index (χ4n) is 2.80. The number of nitrogens with zero attached hydrogens (tertiary/aromatic N) is 1. The Kier molecular flexibility index (Phi) is 4.56. The molecule has 1 saturated heterocycles. The molecule has 0 aliphatic carbocycles. The van der Waals surface area contributed by atoms with Gasteiger partial charge in [-0.1, -0.05) is 13.0 Å². The summed E-state index contributed by atoms with van der Waals surface area (Å²) in [5.74, 6) is -0.981. The normalized spacial score (nSPS) is 21.4. The second-order valence-corrected chi connectivity index (χ2v) is 6.47. The number of carbonyl (C=O) groups is 2. The van der Waals surface area contributed by atoms with E-state index in [2.05, 4.69) is 21.2 Å². The first-order chi connectivity index (χ1) is 9.81. The molecule has 1 heterocycles. The van der Waals surface area contributed by atoms with Crippen LogP contribution >= 0.6 is 15.9 Å². The van der Waals surface area contributed by atoms with E-state index in [0.29, 0.717) is 18.7 Å². The van der Waals surface area contributed by atoms with Crippen LogP contribution in [-0.2, 0) is 4.79 Å². The van der Waals surface area contributed by atoms with Crippen molar-refractivity contribution in [3.8, 4) is 0 Å². The molecule has 5 nitrogen and oxygen atoms in total. The Morgan fingerprint density at radius 1 is 1.38 bits per heavy atom. The average Bonchev–Trinajstić information content (AvgIpc) is 2.75. The highest BCUT2D eigenvalue weighted by Gasteiger charge is 2.39. The van der Waals surface area contributed by atoms with Gasteiger partial charge in [0.15, 0.2) is 0 Å². The van der Waals surface area contributed by atoms with Crippen molar-refractivity contribution in [3.05, 3.63) is 27.7 Å². The first-order valence-corrected chi connectivity index (χ1v) is 7.67. The Hall–Kier alpha value is -1.56. The van der Waals surface area contributed by atoms with E-state index in [-0.39, 0.29) is 11.9 Å². The SMILES string of the molecule is Cc1cc(C)c(NC(=O)N2CCC(C)C2C(=O)O)c(Br)c1. The van der Waals surface area contributed by atoms with Gasteiger partial charge >= 0.3 is 12.0 Å². The van der Waals surface area contributed by atoms with Crippen molar-refractivity contribution in [2.24, 2.45) is 5.92 Å². The summed E-state index contributed by atoms with van der Waals surface area (Å²) < 4.78 is 0.799. The zero-order valence-corrected chi connectivity index (χ0v) is 13.9. The Morgan fingerprint density at radius 3 is 2.62 bits per heavy atom. The maximum Gasteiger partial charge on any atom is 0.326 e. The molecule has 2 amide bonds. The molecule has 21 heavy (non-hydrogen) atoms. The van der Waals surface area contributed by atoms with Crippen LogP contribution in [0, 0.1) is 19.8 Å². The highest BCUT2D eigenvalue weighted by Crippen LogP contribution is 2.30. The van der Waals surface area contributed by atoms with Gasteiger partial charge in [0.2, 0.25) is 0 Å². The van der Waals surface area contributed by atoms with Gasteiger partial charge in [0.05, 0.1) is 5.69 Å². The average molecular weight is 355 g/mol. The fourth-order valence-corrected chi connectivity index (χ4v) is 3.58. The van der Waals surface area contributed by atoms with E-state index in [0.717, 1.165) is 15.6 Å². The number of rotatable bonds is 2. The number of amides is 2. The van der Waals surface area contributed by atoms with E-state index < -0.39 is 12.0 Å². The monoisotopic (exact) mass is 354 g/mol. The lowest BCUT2D eigenvalue weighted by atomic mass is 10.0. The van der Waals surface area contributed by atoms with Gasteiger partial charge in [0.25, 0.3) is 0 Å². The summed E-state index contributed by atoms with van der Waals surface area (Å²) in [7, 11) is 0. The number of aliphatic carboxylic acids is 1. The van der Waals surface area contributed by atoms with Gasteiger partial charge in [-0.15, -0.1) is 0 Å². The number of hydrogen-bond acceptors (Lipinski definition) is 2. The van der Waals surface area contributed by atoms with Gasteiger partial charge in [0, 0.05) is 11.0 Å². The fraction of sp³-hybridized carbons (Fsp3) is 0.467. The third-order valence-corrected chi connectivity index (χ3v) is 4.50. The number of carboxylic acids is 1. The van der Waals surface area contributed by atoms with Gasteiger partial charge in [0.1, 0.15) is 6.04 Å². The molecule has 1 aliphatic heterocycles. The molecule has 0 saturated carbocycles. The Labute approximate surface area is 132 Å². The number of carboxylic acid groups (broad SMARTS) is 1. The van der Waals surface area contributed by atoms with Crippen LogP contribution in [0.25, 0.3) is 0 Å². The molecule has 1 aromatic carbocycles. The summed E-state index contributed by atoms with van der Waals surface area (Å²) in [6.45, 7) is 6.21. The Morgan fingerprint density at radius 2 is 2.05 bits per heavy atom. The highest BCUT2D eigenvalue weighted by atomic mass is 79.9. The van der Waals surface area contributed by atoms with Crippen LogP contribution in [0.3, 0.4) is 0 Å². The van der Waals surface area contributed by atoms with Crippen LogP contribution in [0.15, 0.2) is 16.6 Å². The van der Waals surface area contributed by atoms with Crippen molar-refractivity contribution in [2.45, 2.75) is 33.2 Å². The van der Waals surface area contributed by atoms with Crippen molar-refractivity contribution in [2.75, 3.05) is 11.9 Å². The van der Waals surface area contributed by atoms with E-state index in [1.54, 1.807) is 0 Å². The molecular weight excluding hydrogens is 336 g/mol. The van der Waals surface area contributed by atoms with Gasteiger partial charge in [-0.3, -0.25) is 0 Å². The van der Waals surface area contributed by atoms with Gasteiger partial charge < -0.3 is 15.3 Å². The molecule has 1 fully saturated rings. The van der Waals surface area contributed by atoms with Crippen molar-refractivity contribution in [1.82, 2.24) is 4.90 Å². The molecule has 114 valence electrons. The second kappa shape index (κ2) is 6.05. The predicted octanol–water partition coefficient (Wildman–Crippen LogP) is 3.39. The summed E-state index contributed by atoms with van der Waals surface area (Å²) in [5, 5.41) is 12.1. The largest absolute Gasteiger partial charge is 0.480 e. The number of hydrogen-bond donors (Lipinski definition) is 2. The van der Waals surface area contributed by atoms with Crippen LogP contribution in [0.4, 0.5) is 10.5 Å². The molecule has 0 bridgehead atoms. The Bertz CT molecular complexity index is 565.